The zero-order valence-corrected chi connectivity index (χ0v) is 21.3. The molecule has 1 aliphatic heterocycles. The van der Waals surface area contributed by atoms with Crippen molar-refractivity contribution < 1.29 is 13.9 Å². The number of guanidine groups is 1. The van der Waals surface area contributed by atoms with Crippen molar-refractivity contribution in [3.8, 4) is 11.5 Å². The van der Waals surface area contributed by atoms with Gasteiger partial charge in [-0.3, -0.25) is 9.89 Å². The first-order valence-electron chi connectivity index (χ1n) is 10.6. The Morgan fingerprint density at radius 1 is 1.03 bits per heavy atom. The van der Waals surface area contributed by atoms with E-state index in [1.807, 2.05) is 30.3 Å². The molecule has 1 fully saturated rings. The third-order valence-corrected chi connectivity index (χ3v) is 5.38. The van der Waals surface area contributed by atoms with Crippen LogP contribution in [0, 0.1) is 5.82 Å². The summed E-state index contributed by atoms with van der Waals surface area (Å²) >= 11 is 0. The summed E-state index contributed by atoms with van der Waals surface area (Å²) < 4.78 is 24.6. The van der Waals surface area contributed by atoms with Gasteiger partial charge >= 0.3 is 0 Å². The molecule has 1 heterocycles. The minimum Gasteiger partial charge on any atom is -0.493 e. The fraction of sp³-hybridized carbons (Fsp3) is 0.435. The molecule has 3 rings (SSSR count). The number of anilines is 2. The van der Waals surface area contributed by atoms with E-state index in [1.165, 1.54) is 6.07 Å². The largest absolute Gasteiger partial charge is 0.493 e. The average molecular weight is 557 g/mol. The van der Waals surface area contributed by atoms with Crippen LogP contribution < -0.4 is 25.0 Å². The van der Waals surface area contributed by atoms with Gasteiger partial charge < -0.3 is 25.0 Å². The van der Waals surface area contributed by atoms with Gasteiger partial charge in [-0.15, -0.1) is 24.0 Å². The highest BCUT2D eigenvalue weighted by molar-refractivity contribution is 14.0. The molecule has 176 valence electrons. The van der Waals surface area contributed by atoms with Crippen LogP contribution in [0.25, 0.3) is 0 Å². The highest BCUT2D eigenvalue weighted by Crippen LogP contribution is 2.29. The predicted octanol–water partition coefficient (Wildman–Crippen LogP) is 3.66. The number of benzene rings is 2. The van der Waals surface area contributed by atoms with Gasteiger partial charge in [0, 0.05) is 51.5 Å². The van der Waals surface area contributed by atoms with Crippen LogP contribution in [-0.4, -0.2) is 71.4 Å². The van der Waals surface area contributed by atoms with Crippen molar-refractivity contribution in [2.24, 2.45) is 4.99 Å². The van der Waals surface area contributed by atoms with Gasteiger partial charge in [0.1, 0.15) is 5.82 Å². The molecule has 1 aliphatic rings. The van der Waals surface area contributed by atoms with Gasteiger partial charge in [0.15, 0.2) is 17.5 Å². The Morgan fingerprint density at radius 2 is 1.75 bits per heavy atom. The third-order valence-electron chi connectivity index (χ3n) is 5.38. The molecule has 0 bridgehead atoms. The van der Waals surface area contributed by atoms with Gasteiger partial charge in [-0.1, -0.05) is 12.1 Å². The number of piperazine rings is 1. The molecule has 0 atom stereocenters. The quantitative estimate of drug-likeness (QED) is 0.224. The van der Waals surface area contributed by atoms with Crippen molar-refractivity contribution in [3.05, 3.63) is 48.3 Å². The normalized spacial score (nSPS) is 14.5. The number of ether oxygens (including phenoxy) is 2. The molecule has 0 amide bonds. The lowest BCUT2D eigenvalue weighted by Crippen LogP contribution is -2.47. The zero-order valence-electron chi connectivity index (χ0n) is 18.9. The fourth-order valence-corrected chi connectivity index (χ4v) is 3.66. The summed E-state index contributed by atoms with van der Waals surface area (Å²) in [6.45, 7) is 5.36. The molecule has 0 unspecified atom stereocenters. The number of para-hydroxylation sites is 1. The minimum absolute atomic E-state index is 0. The SMILES string of the molecule is CN=C(NCCCN1CCN(c2ccccc2F)CC1)Nc1ccc(OC)c(OC)c1.I. The Morgan fingerprint density at radius 3 is 2.41 bits per heavy atom. The van der Waals surface area contributed by atoms with E-state index < -0.39 is 0 Å². The van der Waals surface area contributed by atoms with Crippen molar-refractivity contribution in [3.63, 3.8) is 0 Å². The molecule has 0 saturated carbocycles. The van der Waals surface area contributed by atoms with Crippen LogP contribution in [0.15, 0.2) is 47.5 Å². The molecule has 2 aromatic carbocycles. The number of methoxy groups -OCH3 is 2. The summed E-state index contributed by atoms with van der Waals surface area (Å²) in [7, 11) is 4.98. The Balaban J connectivity index is 0.00000363. The van der Waals surface area contributed by atoms with E-state index in [2.05, 4.69) is 25.4 Å². The van der Waals surface area contributed by atoms with E-state index in [9.17, 15) is 4.39 Å². The highest BCUT2D eigenvalue weighted by atomic mass is 127. The van der Waals surface area contributed by atoms with E-state index in [1.54, 1.807) is 27.3 Å². The second-order valence-electron chi connectivity index (χ2n) is 7.33. The van der Waals surface area contributed by atoms with Crippen molar-refractivity contribution in [1.82, 2.24) is 10.2 Å². The molecule has 2 aromatic rings. The molecule has 0 spiro atoms. The second kappa shape index (κ2) is 13.3. The molecular weight excluding hydrogens is 524 g/mol. The van der Waals surface area contributed by atoms with Gasteiger partial charge in [-0.05, 0) is 37.2 Å². The van der Waals surface area contributed by atoms with Crippen molar-refractivity contribution in [2.45, 2.75) is 6.42 Å². The van der Waals surface area contributed by atoms with Crippen LogP contribution in [0.3, 0.4) is 0 Å². The van der Waals surface area contributed by atoms with E-state index in [-0.39, 0.29) is 29.8 Å². The van der Waals surface area contributed by atoms with Crippen LogP contribution in [0.1, 0.15) is 6.42 Å². The molecule has 7 nitrogen and oxygen atoms in total. The molecule has 2 N–H and O–H groups in total. The number of hydrogen-bond acceptors (Lipinski definition) is 5. The van der Waals surface area contributed by atoms with Gasteiger partial charge in [0.25, 0.3) is 0 Å². The Hall–Kier alpha value is -2.27. The number of hydrogen-bond donors (Lipinski definition) is 2. The third kappa shape index (κ3) is 7.13. The molecule has 1 saturated heterocycles. The van der Waals surface area contributed by atoms with Crippen LogP contribution in [-0.2, 0) is 0 Å². The number of aliphatic imine (C=N–C) groups is 1. The molecule has 0 radical (unpaired) electrons. The highest BCUT2D eigenvalue weighted by Gasteiger charge is 2.18. The van der Waals surface area contributed by atoms with Gasteiger partial charge in [-0.2, -0.15) is 0 Å². The summed E-state index contributed by atoms with van der Waals surface area (Å²) in [5, 5.41) is 6.62. The zero-order chi connectivity index (χ0) is 22.1. The van der Waals surface area contributed by atoms with E-state index in [0.717, 1.165) is 51.4 Å². The van der Waals surface area contributed by atoms with E-state index >= 15 is 0 Å². The number of rotatable bonds is 8. The monoisotopic (exact) mass is 557 g/mol. The summed E-state index contributed by atoms with van der Waals surface area (Å²) in [5.41, 5.74) is 1.57. The number of halogens is 2. The Labute approximate surface area is 207 Å². The van der Waals surface area contributed by atoms with E-state index in [4.69, 9.17) is 9.47 Å². The maximum atomic E-state index is 14.0. The lowest BCUT2D eigenvalue weighted by atomic mass is 10.2. The number of nitrogens with zero attached hydrogens (tertiary/aromatic N) is 3. The molecule has 32 heavy (non-hydrogen) atoms. The number of nitrogens with one attached hydrogen (secondary N) is 2. The first kappa shape index (κ1) is 26.0. The molecular formula is C23H33FIN5O2. The second-order valence-corrected chi connectivity index (χ2v) is 7.33. The van der Waals surface area contributed by atoms with Crippen molar-refractivity contribution in [1.29, 1.82) is 0 Å². The minimum atomic E-state index is -0.145. The lowest BCUT2D eigenvalue weighted by molar-refractivity contribution is 0.255. The van der Waals surface area contributed by atoms with Crippen LogP contribution in [0.4, 0.5) is 15.8 Å². The standard InChI is InChI=1S/C23H32FN5O2.HI/c1-25-23(27-18-9-10-21(30-2)22(17-18)31-3)26-11-6-12-28-13-15-29(16-14-28)20-8-5-4-7-19(20)24;/h4-5,7-10,17H,6,11-16H2,1-3H3,(H2,25,26,27);1H. The van der Waals surface area contributed by atoms with Crippen LogP contribution >= 0.6 is 24.0 Å². The van der Waals surface area contributed by atoms with Gasteiger partial charge in [0.05, 0.1) is 19.9 Å². The first-order chi connectivity index (χ1) is 15.1. The van der Waals surface area contributed by atoms with Gasteiger partial charge in [0.2, 0.25) is 0 Å². The first-order valence-corrected chi connectivity index (χ1v) is 10.6. The summed E-state index contributed by atoms with van der Waals surface area (Å²) in [4.78, 5) is 8.83. The van der Waals surface area contributed by atoms with E-state index in [0.29, 0.717) is 23.1 Å². The van der Waals surface area contributed by atoms with Gasteiger partial charge in [-0.25, -0.2) is 4.39 Å². The predicted molar refractivity (Wildman–Crippen MR) is 140 cm³/mol. The molecule has 9 heteroatoms. The topological polar surface area (TPSA) is 61.4 Å². The van der Waals surface area contributed by atoms with Crippen molar-refractivity contribution >= 4 is 41.3 Å². The summed E-state index contributed by atoms with van der Waals surface area (Å²) in [5.74, 6) is 1.91. The van der Waals surface area contributed by atoms with Crippen LogP contribution in [0.5, 0.6) is 11.5 Å². The summed E-state index contributed by atoms with van der Waals surface area (Å²) in [6.07, 6.45) is 0.992. The smallest absolute Gasteiger partial charge is 0.195 e. The summed E-state index contributed by atoms with van der Waals surface area (Å²) in [6, 6.07) is 12.6. The maximum absolute atomic E-state index is 14.0. The molecule has 0 aliphatic carbocycles. The van der Waals surface area contributed by atoms with Crippen molar-refractivity contribution in [2.75, 3.05) is 70.8 Å². The lowest BCUT2D eigenvalue weighted by Gasteiger charge is -2.36. The Kier molecular flexibility index (Phi) is 10.8. The average Bonchev–Trinajstić information content (AvgIpc) is 2.81. The maximum Gasteiger partial charge on any atom is 0.195 e. The fourth-order valence-electron chi connectivity index (χ4n) is 3.66. The van der Waals surface area contributed by atoms with Crippen LogP contribution in [0.2, 0.25) is 0 Å². The Bertz CT molecular complexity index is 875. The molecule has 0 aromatic heterocycles.